The molecule has 0 spiro atoms. The number of nitrogens with one attached hydrogen (secondary N) is 2. The highest BCUT2D eigenvalue weighted by atomic mass is 16.6. The van der Waals surface area contributed by atoms with E-state index in [-0.39, 0.29) is 13.2 Å². The SMILES string of the molecule is COCCOCCOC(=O)NCC(=O)NC1C(O)CC(C(=O)[O-])(C(C)C)OC1[C@H](O)[C@H](O)CO. The van der Waals surface area contributed by atoms with Crippen LogP contribution in [0.15, 0.2) is 0 Å². The van der Waals surface area contributed by atoms with E-state index >= 15 is 0 Å². The first-order valence-corrected chi connectivity index (χ1v) is 10.8. The lowest BCUT2D eigenvalue weighted by Crippen LogP contribution is -2.70. The average molecular weight is 496 g/mol. The molecule has 6 N–H and O–H groups in total. The van der Waals surface area contributed by atoms with Crippen molar-refractivity contribution >= 4 is 18.0 Å². The van der Waals surface area contributed by atoms with Crippen molar-refractivity contribution in [3.05, 3.63) is 0 Å². The van der Waals surface area contributed by atoms with Crippen molar-refractivity contribution in [3.8, 4) is 0 Å². The molecule has 0 aromatic heterocycles. The second kappa shape index (κ2) is 14.4. The smallest absolute Gasteiger partial charge is 0.407 e. The number of hydrogen-bond acceptors (Lipinski definition) is 12. The van der Waals surface area contributed by atoms with Crippen LogP contribution in [0.1, 0.15) is 20.3 Å². The summed E-state index contributed by atoms with van der Waals surface area (Å²) in [5, 5.41) is 56.5. The summed E-state index contributed by atoms with van der Waals surface area (Å²) in [6, 6.07) is -1.37. The van der Waals surface area contributed by atoms with E-state index in [0.29, 0.717) is 13.2 Å². The number of aliphatic hydroxyl groups is 4. The number of aliphatic carboxylic acids is 1. The number of alkyl carbamates (subject to hydrolysis) is 1. The number of ether oxygens (including phenoxy) is 4. The minimum Gasteiger partial charge on any atom is -0.547 e. The first kappa shape index (κ1) is 30.0. The summed E-state index contributed by atoms with van der Waals surface area (Å²) in [6.45, 7) is 2.31. The van der Waals surface area contributed by atoms with Crippen molar-refractivity contribution < 1.29 is 58.9 Å². The Bertz CT molecular complexity index is 663. The molecule has 0 radical (unpaired) electrons. The molecule has 14 heteroatoms. The molecule has 0 aromatic rings. The van der Waals surface area contributed by atoms with Crippen LogP contribution in [0.3, 0.4) is 0 Å². The van der Waals surface area contributed by atoms with Crippen LogP contribution in [0.5, 0.6) is 0 Å². The normalized spacial score (nSPS) is 26.5. The Hall–Kier alpha value is -2.07. The van der Waals surface area contributed by atoms with Gasteiger partial charge in [-0.1, -0.05) is 13.8 Å². The minimum absolute atomic E-state index is 0.0693. The van der Waals surface area contributed by atoms with Gasteiger partial charge in [-0.3, -0.25) is 4.79 Å². The molecule has 6 atom stereocenters. The Morgan fingerprint density at radius 3 is 2.38 bits per heavy atom. The van der Waals surface area contributed by atoms with E-state index in [1.54, 1.807) is 0 Å². The van der Waals surface area contributed by atoms with Gasteiger partial charge in [-0.25, -0.2) is 4.79 Å². The molecule has 0 bridgehead atoms. The number of methoxy groups -OCH3 is 1. The molecule has 0 aliphatic carbocycles. The molecule has 198 valence electrons. The molecule has 4 unspecified atom stereocenters. The number of aliphatic hydroxyl groups excluding tert-OH is 4. The van der Waals surface area contributed by atoms with Crippen LogP contribution < -0.4 is 15.7 Å². The van der Waals surface area contributed by atoms with Crippen molar-refractivity contribution in [3.63, 3.8) is 0 Å². The number of carboxylic acids is 1. The lowest BCUT2D eigenvalue weighted by Gasteiger charge is -2.51. The highest BCUT2D eigenvalue weighted by Crippen LogP contribution is 2.36. The molecule has 1 heterocycles. The first-order chi connectivity index (χ1) is 16.0. The summed E-state index contributed by atoms with van der Waals surface area (Å²) in [5.41, 5.74) is -2.02. The van der Waals surface area contributed by atoms with Crippen LogP contribution in [0, 0.1) is 5.92 Å². The zero-order valence-electron chi connectivity index (χ0n) is 19.5. The van der Waals surface area contributed by atoms with Crippen molar-refractivity contribution in [1.82, 2.24) is 10.6 Å². The highest BCUT2D eigenvalue weighted by Gasteiger charge is 2.52. The third-order valence-corrected chi connectivity index (χ3v) is 5.44. The zero-order chi connectivity index (χ0) is 25.9. The predicted molar refractivity (Wildman–Crippen MR) is 111 cm³/mol. The van der Waals surface area contributed by atoms with Gasteiger partial charge in [-0.2, -0.15) is 0 Å². The predicted octanol–water partition coefficient (Wildman–Crippen LogP) is -4.13. The summed E-state index contributed by atoms with van der Waals surface area (Å²) in [5.74, 6) is -3.17. The van der Waals surface area contributed by atoms with E-state index in [1.165, 1.54) is 21.0 Å². The van der Waals surface area contributed by atoms with Crippen LogP contribution >= 0.6 is 0 Å². The van der Waals surface area contributed by atoms with Crippen LogP contribution in [-0.2, 0) is 28.5 Å². The standard InChI is InChI=1S/C20H36N2O12/c1-11(2)20(18(28)29)8-12(24)15(17(34-20)16(27)13(25)10-23)22-14(26)9-21-19(30)33-7-6-32-5-4-31-3/h11-13,15-17,23-25,27H,4-10H2,1-3H3,(H,21,30)(H,22,26)(H,28,29)/p-1/t12?,13-,15?,16-,17?,20?/m1/s1. The molecule has 0 aromatic carbocycles. The fourth-order valence-electron chi connectivity index (χ4n) is 3.43. The molecular weight excluding hydrogens is 460 g/mol. The summed E-state index contributed by atoms with van der Waals surface area (Å²) in [6.07, 6.45) is -8.14. The average Bonchev–Trinajstić information content (AvgIpc) is 2.79. The Balaban J connectivity index is 2.76. The van der Waals surface area contributed by atoms with Gasteiger partial charge < -0.3 is 59.9 Å². The summed E-state index contributed by atoms with van der Waals surface area (Å²) in [7, 11) is 1.51. The van der Waals surface area contributed by atoms with E-state index < -0.39 is 79.5 Å². The van der Waals surface area contributed by atoms with E-state index in [0.717, 1.165) is 0 Å². The van der Waals surface area contributed by atoms with E-state index in [2.05, 4.69) is 10.6 Å². The van der Waals surface area contributed by atoms with Gasteiger partial charge in [0, 0.05) is 13.5 Å². The molecule has 0 saturated carbocycles. The first-order valence-electron chi connectivity index (χ1n) is 10.8. The zero-order valence-corrected chi connectivity index (χ0v) is 19.5. The molecular formula is C20H35N2O12-. The van der Waals surface area contributed by atoms with Gasteiger partial charge in [-0.15, -0.1) is 0 Å². The maximum absolute atomic E-state index is 12.3. The fourth-order valence-corrected chi connectivity index (χ4v) is 3.43. The van der Waals surface area contributed by atoms with Crippen molar-refractivity contribution in [1.29, 1.82) is 0 Å². The van der Waals surface area contributed by atoms with Gasteiger partial charge in [0.15, 0.2) is 0 Å². The van der Waals surface area contributed by atoms with E-state index in [4.69, 9.17) is 18.9 Å². The van der Waals surface area contributed by atoms with Gasteiger partial charge in [0.25, 0.3) is 0 Å². The molecule has 2 amide bonds. The molecule has 1 fully saturated rings. The van der Waals surface area contributed by atoms with Gasteiger partial charge in [-0.05, 0) is 5.92 Å². The number of amides is 2. The maximum atomic E-state index is 12.3. The van der Waals surface area contributed by atoms with Crippen LogP contribution in [0.2, 0.25) is 0 Å². The van der Waals surface area contributed by atoms with E-state index in [1.807, 2.05) is 0 Å². The fraction of sp³-hybridized carbons (Fsp3) is 0.850. The highest BCUT2D eigenvalue weighted by molar-refractivity contribution is 5.82. The number of hydrogen-bond donors (Lipinski definition) is 6. The van der Waals surface area contributed by atoms with Gasteiger partial charge in [0.05, 0.1) is 44.5 Å². The number of carbonyl (C=O) groups is 3. The lowest BCUT2D eigenvalue weighted by molar-refractivity contribution is -0.345. The molecule has 1 rings (SSSR count). The molecule has 34 heavy (non-hydrogen) atoms. The molecule has 1 aliphatic heterocycles. The maximum Gasteiger partial charge on any atom is 0.407 e. The van der Waals surface area contributed by atoms with Crippen molar-refractivity contribution in [2.75, 3.05) is 46.7 Å². The Labute approximate surface area is 197 Å². The van der Waals surface area contributed by atoms with Crippen LogP contribution in [-0.4, -0.2) is 121 Å². The Morgan fingerprint density at radius 1 is 1.18 bits per heavy atom. The second-order valence-corrected chi connectivity index (χ2v) is 8.11. The quantitative estimate of drug-likeness (QED) is 0.127. The largest absolute Gasteiger partial charge is 0.547 e. The summed E-state index contributed by atoms with van der Waals surface area (Å²) < 4.78 is 20.3. The minimum atomic E-state index is -2.02. The molecule has 1 saturated heterocycles. The lowest BCUT2D eigenvalue weighted by atomic mass is 9.78. The third-order valence-electron chi connectivity index (χ3n) is 5.44. The Morgan fingerprint density at radius 2 is 1.82 bits per heavy atom. The molecule has 1 aliphatic rings. The summed E-state index contributed by atoms with van der Waals surface area (Å²) in [4.78, 5) is 35.9. The van der Waals surface area contributed by atoms with E-state index in [9.17, 15) is 39.9 Å². The second-order valence-electron chi connectivity index (χ2n) is 8.11. The van der Waals surface area contributed by atoms with Gasteiger partial charge in [0.2, 0.25) is 5.91 Å². The monoisotopic (exact) mass is 495 g/mol. The van der Waals surface area contributed by atoms with Gasteiger partial charge in [0.1, 0.15) is 37.1 Å². The third kappa shape index (κ3) is 8.30. The topological polar surface area (TPSA) is 216 Å². The van der Waals surface area contributed by atoms with Gasteiger partial charge >= 0.3 is 6.09 Å². The number of carbonyl (C=O) groups excluding carboxylic acids is 3. The van der Waals surface area contributed by atoms with Crippen molar-refractivity contribution in [2.45, 2.75) is 56.3 Å². The van der Waals surface area contributed by atoms with Crippen LogP contribution in [0.4, 0.5) is 4.79 Å². The molecule has 14 nitrogen and oxygen atoms in total. The Kier molecular flexibility index (Phi) is 12.7. The number of rotatable bonds is 14. The van der Waals surface area contributed by atoms with Crippen molar-refractivity contribution in [2.24, 2.45) is 5.92 Å². The number of carboxylic acid groups (broad SMARTS) is 1. The van der Waals surface area contributed by atoms with Crippen LogP contribution in [0.25, 0.3) is 0 Å². The summed E-state index contributed by atoms with van der Waals surface area (Å²) >= 11 is 0.